The number of aliphatic hydroxyl groups is 4. The van der Waals surface area contributed by atoms with E-state index in [2.05, 4.69) is 0 Å². The zero-order chi connectivity index (χ0) is 15.6. The fraction of sp³-hybridized carbons (Fsp3) is 0.545. The van der Waals surface area contributed by atoms with Crippen molar-refractivity contribution in [3.8, 4) is 0 Å². The van der Waals surface area contributed by atoms with Crippen molar-refractivity contribution in [1.82, 2.24) is 0 Å². The number of nitrogens with zero attached hydrogens (tertiary/aromatic N) is 1. The Bertz CT molecular complexity index is 532. The van der Waals surface area contributed by atoms with Crippen LogP contribution in [0.25, 0.3) is 0 Å². The quantitative estimate of drug-likeness (QED) is 0.280. The molecule has 1 saturated heterocycles. The second-order valence-corrected chi connectivity index (χ2v) is 6.85. The summed E-state index contributed by atoms with van der Waals surface area (Å²) in [4.78, 5) is 11.4. The van der Waals surface area contributed by atoms with Crippen LogP contribution < -0.4 is 0 Å². The van der Waals surface area contributed by atoms with Gasteiger partial charge in [0.05, 0.1) is 0 Å². The van der Waals surface area contributed by atoms with Crippen LogP contribution in [0.2, 0.25) is 4.71 Å². The molecule has 1 aliphatic heterocycles. The summed E-state index contributed by atoms with van der Waals surface area (Å²) < 4.78 is 9.21. The Morgan fingerprint density at radius 1 is 1.33 bits per heavy atom. The third-order valence-electron chi connectivity index (χ3n) is 3.03. The summed E-state index contributed by atoms with van der Waals surface area (Å²) in [7, 11) is 0. The zero-order valence-electron chi connectivity index (χ0n) is 10.6. The molecule has 2 rings (SSSR count). The van der Waals surface area contributed by atoms with E-state index in [1.54, 1.807) is 0 Å². The number of furan rings is 1. The number of aliphatic hydroxyl groups excluding tert-OH is 4. The van der Waals surface area contributed by atoms with Crippen LogP contribution in [0.5, 0.6) is 0 Å². The van der Waals surface area contributed by atoms with Gasteiger partial charge in [0, 0.05) is 0 Å². The maximum absolute atomic E-state index is 10.5. The molecule has 0 bridgehead atoms. The predicted molar refractivity (Wildman–Crippen MR) is 70.0 cm³/mol. The van der Waals surface area contributed by atoms with Gasteiger partial charge in [0.1, 0.15) is 0 Å². The first-order valence-electron chi connectivity index (χ1n) is 6.02. The van der Waals surface area contributed by atoms with Crippen molar-refractivity contribution in [3.63, 3.8) is 0 Å². The van der Waals surface area contributed by atoms with Crippen molar-refractivity contribution in [2.75, 3.05) is 6.61 Å². The van der Waals surface area contributed by atoms with E-state index in [9.17, 15) is 25.4 Å². The molecule has 10 heteroatoms. The molecule has 0 saturated carbocycles. The minimum atomic E-state index is -1.33. The van der Waals surface area contributed by atoms with Crippen LogP contribution in [-0.4, -0.2) is 76.7 Å². The summed E-state index contributed by atoms with van der Waals surface area (Å²) in [5.41, 5.74) is 0. The summed E-state index contributed by atoms with van der Waals surface area (Å²) in [6, 6.07) is 2.61. The van der Waals surface area contributed by atoms with Crippen molar-refractivity contribution in [3.05, 3.63) is 28.0 Å². The predicted octanol–water partition coefficient (Wildman–Crippen LogP) is -1.74. The topological polar surface area (TPSA) is 146 Å². The van der Waals surface area contributed by atoms with Crippen LogP contribution >= 0.6 is 0 Å². The number of nitro groups is 1. The second kappa shape index (κ2) is 6.78. The number of hydrogen-bond donors (Lipinski definition) is 4. The molecule has 1 aromatic heterocycles. The van der Waals surface area contributed by atoms with E-state index < -0.39 is 62.0 Å². The third-order valence-corrected chi connectivity index (χ3v) is 5.78. The Kier molecular flexibility index (Phi) is 5.26. The molecule has 0 aromatic carbocycles. The summed E-state index contributed by atoms with van der Waals surface area (Å²) in [5.74, 6) is -0.149. The standard InChI is InChI=1S/C11H14AsNO8/c14-4-6-9(15)10(16)8(11(17)21-6)12-3-5-1-2-7(20-5)13(18)19/h1-3,6,8-11,14-17H,4H2/t6-,8-,9-,10-,11?/m1/s1. The molecule has 0 radical (unpaired) electrons. The molecule has 5 atom stereocenters. The van der Waals surface area contributed by atoms with Crippen LogP contribution in [0, 0.1) is 10.1 Å². The van der Waals surface area contributed by atoms with Gasteiger partial charge < -0.3 is 0 Å². The Morgan fingerprint density at radius 3 is 2.62 bits per heavy atom. The van der Waals surface area contributed by atoms with Gasteiger partial charge in [-0.25, -0.2) is 0 Å². The van der Waals surface area contributed by atoms with Crippen LogP contribution in [-0.2, 0) is 4.74 Å². The van der Waals surface area contributed by atoms with Gasteiger partial charge in [0.2, 0.25) is 0 Å². The van der Waals surface area contributed by atoms with E-state index in [1.165, 1.54) is 16.9 Å². The normalized spacial score (nSPS) is 33.4. The summed E-state index contributed by atoms with van der Waals surface area (Å²) in [6.45, 7) is -0.521. The van der Waals surface area contributed by atoms with Crippen molar-refractivity contribution in [2.45, 2.75) is 29.3 Å². The average Bonchev–Trinajstić information content (AvgIpc) is 2.91. The first-order valence-corrected chi connectivity index (χ1v) is 8.18. The first-order chi connectivity index (χ1) is 9.93. The van der Waals surface area contributed by atoms with Gasteiger partial charge in [-0.3, -0.25) is 0 Å². The molecular weight excluding hydrogens is 349 g/mol. The van der Waals surface area contributed by atoms with Gasteiger partial charge in [-0.2, -0.15) is 0 Å². The van der Waals surface area contributed by atoms with Gasteiger partial charge in [-0.05, 0) is 0 Å². The molecular formula is C11H14AsNO8. The molecule has 1 fully saturated rings. The van der Waals surface area contributed by atoms with Crippen LogP contribution in [0.1, 0.15) is 5.76 Å². The van der Waals surface area contributed by atoms with Gasteiger partial charge >= 0.3 is 124 Å². The molecule has 4 N–H and O–H groups in total. The Morgan fingerprint density at radius 2 is 2.05 bits per heavy atom. The number of ether oxygens (including phenoxy) is 1. The molecule has 2 heterocycles. The summed E-state index contributed by atoms with van der Waals surface area (Å²) >= 11 is -0.860. The number of rotatable bonds is 4. The molecule has 0 aliphatic carbocycles. The van der Waals surface area contributed by atoms with E-state index in [0.29, 0.717) is 0 Å². The maximum atomic E-state index is 10.5. The van der Waals surface area contributed by atoms with Gasteiger partial charge in [0.25, 0.3) is 0 Å². The molecule has 1 aliphatic rings. The van der Waals surface area contributed by atoms with Crippen molar-refractivity contribution < 1.29 is 34.5 Å². The average molecular weight is 363 g/mol. The van der Waals surface area contributed by atoms with Crippen LogP contribution in [0.15, 0.2) is 16.5 Å². The monoisotopic (exact) mass is 363 g/mol. The zero-order valence-corrected chi connectivity index (χ0v) is 12.5. The molecule has 9 nitrogen and oxygen atoms in total. The van der Waals surface area contributed by atoms with E-state index in [-0.39, 0.29) is 5.76 Å². The van der Waals surface area contributed by atoms with Crippen LogP contribution in [0.4, 0.5) is 5.88 Å². The molecule has 1 unspecified atom stereocenters. The van der Waals surface area contributed by atoms with E-state index in [4.69, 9.17) is 14.3 Å². The van der Waals surface area contributed by atoms with E-state index in [1.807, 2.05) is 0 Å². The summed E-state index contributed by atoms with van der Waals surface area (Å²) in [5, 5.41) is 48.9. The Labute approximate surface area is 125 Å². The third kappa shape index (κ3) is 3.57. The minimum absolute atomic E-state index is 0.250. The Hall–Kier alpha value is -1.09. The number of hydrogen-bond acceptors (Lipinski definition) is 8. The second-order valence-electron chi connectivity index (χ2n) is 4.43. The summed E-state index contributed by atoms with van der Waals surface area (Å²) in [6.07, 6.45) is -4.94. The molecule has 0 amide bonds. The van der Waals surface area contributed by atoms with Crippen molar-refractivity contribution >= 4 is 26.0 Å². The molecule has 0 spiro atoms. The fourth-order valence-corrected chi connectivity index (χ4v) is 4.07. The van der Waals surface area contributed by atoms with Crippen molar-refractivity contribution in [1.29, 1.82) is 0 Å². The van der Waals surface area contributed by atoms with E-state index in [0.717, 1.165) is 0 Å². The molecule has 116 valence electrons. The first kappa shape index (κ1) is 16.3. The SMILES string of the molecule is O=[N+]([O-])c1ccc(/C=[As]/[C@H]2C(O)O[C@H](CO)[C@@H](O)[C@@H]2O)o1. The Balaban J connectivity index is 2.10. The van der Waals surface area contributed by atoms with E-state index >= 15 is 0 Å². The van der Waals surface area contributed by atoms with Crippen LogP contribution in [0.3, 0.4) is 0 Å². The van der Waals surface area contributed by atoms with Gasteiger partial charge in [-0.1, -0.05) is 0 Å². The van der Waals surface area contributed by atoms with Gasteiger partial charge in [0.15, 0.2) is 0 Å². The van der Waals surface area contributed by atoms with Gasteiger partial charge in [-0.15, -0.1) is 0 Å². The van der Waals surface area contributed by atoms with Crippen molar-refractivity contribution in [2.24, 2.45) is 0 Å². The molecule has 1 aromatic rings. The fourth-order valence-electron chi connectivity index (χ4n) is 1.91. The molecule has 21 heavy (non-hydrogen) atoms.